The van der Waals surface area contributed by atoms with Gasteiger partial charge in [-0.2, -0.15) is 0 Å². The minimum Gasteiger partial charge on any atom is -0.507 e. The van der Waals surface area contributed by atoms with Gasteiger partial charge in [0.25, 0.3) is 11.7 Å². The van der Waals surface area contributed by atoms with Crippen molar-refractivity contribution in [2.24, 2.45) is 0 Å². The van der Waals surface area contributed by atoms with Crippen LogP contribution in [0.15, 0.2) is 54.1 Å². The van der Waals surface area contributed by atoms with Gasteiger partial charge >= 0.3 is 0 Å². The van der Waals surface area contributed by atoms with Crippen molar-refractivity contribution in [3.8, 4) is 0 Å². The molecule has 0 saturated carbocycles. The van der Waals surface area contributed by atoms with E-state index in [4.69, 9.17) is 27.9 Å². The van der Waals surface area contributed by atoms with Gasteiger partial charge in [-0.25, -0.2) is 0 Å². The molecule has 28 heavy (non-hydrogen) atoms. The van der Waals surface area contributed by atoms with Crippen molar-refractivity contribution in [3.05, 3.63) is 75.3 Å². The number of likely N-dealkylation sites (tertiary alicyclic amines) is 1. The summed E-state index contributed by atoms with van der Waals surface area (Å²) in [7, 11) is 1.57. The van der Waals surface area contributed by atoms with Crippen molar-refractivity contribution < 1.29 is 19.4 Å². The first-order valence-electron chi connectivity index (χ1n) is 8.72. The van der Waals surface area contributed by atoms with Gasteiger partial charge in [0.05, 0.1) is 11.6 Å². The number of nitrogens with zero attached hydrogens (tertiary/aromatic N) is 1. The van der Waals surface area contributed by atoms with Crippen molar-refractivity contribution in [1.29, 1.82) is 0 Å². The number of rotatable bonds is 6. The van der Waals surface area contributed by atoms with E-state index < -0.39 is 17.7 Å². The second-order valence-corrected chi connectivity index (χ2v) is 7.27. The number of ether oxygens (including phenoxy) is 1. The molecule has 0 radical (unpaired) electrons. The number of halogens is 2. The van der Waals surface area contributed by atoms with E-state index in [9.17, 15) is 14.7 Å². The van der Waals surface area contributed by atoms with Crippen LogP contribution in [-0.4, -0.2) is 42.0 Å². The van der Waals surface area contributed by atoms with E-state index in [2.05, 4.69) is 0 Å². The normalized spacial score (nSPS) is 18.7. The quantitative estimate of drug-likeness (QED) is 0.325. The van der Waals surface area contributed by atoms with Crippen molar-refractivity contribution in [2.45, 2.75) is 12.5 Å². The molecule has 1 aliphatic rings. The number of hydrogen-bond donors (Lipinski definition) is 1. The number of amides is 1. The van der Waals surface area contributed by atoms with E-state index in [1.807, 2.05) is 0 Å². The number of carbonyl (C=O) groups excluding carboxylic acids is 2. The molecular weight excluding hydrogens is 401 g/mol. The molecule has 1 fully saturated rings. The van der Waals surface area contributed by atoms with Gasteiger partial charge < -0.3 is 14.7 Å². The molecule has 0 aliphatic carbocycles. The molecule has 1 N–H and O–H groups in total. The van der Waals surface area contributed by atoms with Crippen LogP contribution in [0.25, 0.3) is 5.76 Å². The summed E-state index contributed by atoms with van der Waals surface area (Å²) in [6.45, 7) is 0.774. The average molecular weight is 420 g/mol. The summed E-state index contributed by atoms with van der Waals surface area (Å²) in [6.07, 6.45) is 0.564. The molecule has 1 amide bonds. The predicted molar refractivity (Wildman–Crippen MR) is 108 cm³/mol. The zero-order chi connectivity index (χ0) is 20.3. The lowest BCUT2D eigenvalue weighted by atomic mass is 9.95. The Bertz CT molecular complexity index is 907. The van der Waals surface area contributed by atoms with Crippen molar-refractivity contribution in [3.63, 3.8) is 0 Å². The van der Waals surface area contributed by atoms with Gasteiger partial charge in [0, 0.05) is 35.9 Å². The number of hydrogen-bond acceptors (Lipinski definition) is 4. The third kappa shape index (κ3) is 4.07. The molecule has 1 saturated heterocycles. The fourth-order valence-electron chi connectivity index (χ4n) is 3.24. The Morgan fingerprint density at radius 2 is 1.61 bits per heavy atom. The third-order valence-corrected chi connectivity index (χ3v) is 5.09. The molecule has 1 unspecified atom stereocenters. The molecule has 1 aliphatic heterocycles. The van der Waals surface area contributed by atoms with E-state index >= 15 is 0 Å². The highest BCUT2D eigenvalue weighted by atomic mass is 35.5. The SMILES string of the molecule is COCCCN1C(=O)C(=O)/C(=C(/O)c2ccc(Cl)cc2)C1c1ccc(Cl)cc1. The molecule has 2 aromatic rings. The van der Waals surface area contributed by atoms with Gasteiger partial charge in [0.1, 0.15) is 5.76 Å². The highest BCUT2D eigenvalue weighted by molar-refractivity contribution is 6.46. The largest absolute Gasteiger partial charge is 0.507 e. The summed E-state index contributed by atoms with van der Waals surface area (Å²) in [5.41, 5.74) is 1.15. The molecule has 5 nitrogen and oxygen atoms in total. The molecule has 1 heterocycles. The highest BCUT2D eigenvalue weighted by Crippen LogP contribution is 2.39. The number of carbonyl (C=O) groups is 2. The van der Waals surface area contributed by atoms with Gasteiger partial charge in [0.15, 0.2) is 0 Å². The number of benzene rings is 2. The van der Waals surface area contributed by atoms with Crippen LogP contribution in [0.5, 0.6) is 0 Å². The number of ketones is 1. The maximum atomic E-state index is 12.8. The van der Waals surface area contributed by atoms with Crippen LogP contribution in [-0.2, 0) is 14.3 Å². The van der Waals surface area contributed by atoms with Gasteiger partial charge in [-0.3, -0.25) is 9.59 Å². The minimum atomic E-state index is -0.718. The van der Waals surface area contributed by atoms with Crippen LogP contribution in [0, 0.1) is 0 Å². The second kappa shape index (κ2) is 8.78. The summed E-state index contributed by atoms with van der Waals surface area (Å²) in [5.74, 6) is -1.60. The van der Waals surface area contributed by atoms with Crippen molar-refractivity contribution >= 4 is 40.7 Å². The Labute approximate surface area is 173 Å². The molecule has 0 spiro atoms. The maximum Gasteiger partial charge on any atom is 0.295 e. The van der Waals surface area contributed by atoms with E-state index in [1.165, 1.54) is 4.90 Å². The molecule has 0 aromatic heterocycles. The van der Waals surface area contributed by atoms with Crippen LogP contribution in [0.1, 0.15) is 23.6 Å². The zero-order valence-corrected chi connectivity index (χ0v) is 16.7. The molecule has 2 aromatic carbocycles. The maximum absolute atomic E-state index is 12.8. The lowest BCUT2D eigenvalue weighted by Gasteiger charge is -2.25. The molecule has 146 valence electrons. The van der Waals surface area contributed by atoms with Crippen LogP contribution in [0.2, 0.25) is 10.0 Å². The molecule has 7 heteroatoms. The molecule has 0 bridgehead atoms. The van der Waals surface area contributed by atoms with Crippen LogP contribution in [0.3, 0.4) is 0 Å². The van der Waals surface area contributed by atoms with Gasteiger partial charge in [-0.05, 0) is 48.4 Å². The van der Waals surface area contributed by atoms with Crippen molar-refractivity contribution in [2.75, 3.05) is 20.3 Å². The summed E-state index contributed by atoms with van der Waals surface area (Å²) in [6, 6.07) is 12.6. The van der Waals surface area contributed by atoms with Crippen LogP contribution < -0.4 is 0 Å². The Balaban J connectivity index is 2.10. The summed E-state index contributed by atoms with van der Waals surface area (Å²) < 4.78 is 5.06. The zero-order valence-electron chi connectivity index (χ0n) is 15.2. The lowest BCUT2D eigenvalue weighted by Crippen LogP contribution is -2.31. The number of aliphatic hydroxyl groups is 1. The van der Waals surface area contributed by atoms with E-state index in [0.29, 0.717) is 40.7 Å². The number of Topliss-reactive ketones (excluding diaryl/α,β-unsaturated/α-hetero) is 1. The fourth-order valence-corrected chi connectivity index (χ4v) is 3.50. The van der Waals surface area contributed by atoms with E-state index in [1.54, 1.807) is 55.6 Å². The first-order valence-corrected chi connectivity index (χ1v) is 9.48. The molecular formula is C21H19Cl2NO4. The number of aliphatic hydroxyl groups excluding tert-OH is 1. The fraction of sp³-hybridized carbons (Fsp3) is 0.238. The van der Waals surface area contributed by atoms with Gasteiger partial charge in [-0.1, -0.05) is 35.3 Å². The highest BCUT2D eigenvalue weighted by Gasteiger charge is 2.45. The Hall–Kier alpha value is -2.34. The Morgan fingerprint density at radius 3 is 2.18 bits per heavy atom. The second-order valence-electron chi connectivity index (χ2n) is 6.40. The first-order chi connectivity index (χ1) is 13.4. The van der Waals surface area contributed by atoms with Crippen molar-refractivity contribution in [1.82, 2.24) is 4.90 Å². The summed E-state index contributed by atoms with van der Waals surface area (Å²) in [5, 5.41) is 11.9. The van der Waals surface area contributed by atoms with Gasteiger partial charge in [-0.15, -0.1) is 0 Å². The predicted octanol–water partition coefficient (Wildman–Crippen LogP) is 4.45. The topological polar surface area (TPSA) is 66.8 Å². The van der Waals surface area contributed by atoms with E-state index in [0.717, 1.165) is 0 Å². The summed E-state index contributed by atoms with van der Waals surface area (Å²) in [4.78, 5) is 26.9. The Kier molecular flexibility index (Phi) is 6.39. The van der Waals surface area contributed by atoms with Crippen LogP contribution >= 0.6 is 23.2 Å². The average Bonchev–Trinajstić information content (AvgIpc) is 2.94. The third-order valence-electron chi connectivity index (χ3n) is 4.59. The lowest BCUT2D eigenvalue weighted by molar-refractivity contribution is -0.140. The summed E-state index contributed by atoms with van der Waals surface area (Å²) >= 11 is 11.9. The first kappa shape index (κ1) is 20.4. The molecule has 1 atom stereocenters. The number of methoxy groups -OCH3 is 1. The standard InChI is InChI=1S/C21H19Cl2NO4/c1-28-12-2-11-24-18(13-3-7-15(22)8-4-13)17(20(26)21(24)27)19(25)14-5-9-16(23)10-6-14/h3-10,18,25H,2,11-12H2,1H3/b19-17+. The van der Waals surface area contributed by atoms with Gasteiger partial charge in [0.2, 0.25) is 0 Å². The smallest absolute Gasteiger partial charge is 0.295 e. The van der Waals surface area contributed by atoms with Crippen LogP contribution in [0.4, 0.5) is 0 Å². The monoisotopic (exact) mass is 419 g/mol. The Morgan fingerprint density at radius 1 is 1.04 bits per heavy atom. The van der Waals surface area contributed by atoms with E-state index in [-0.39, 0.29) is 11.3 Å². The molecule has 3 rings (SSSR count). The minimum absolute atomic E-state index is 0.0482.